The van der Waals surface area contributed by atoms with Gasteiger partial charge in [0.05, 0.1) is 0 Å². The lowest BCUT2D eigenvalue weighted by atomic mass is 10.3. The number of carbonyl (C=O) groups is 2. The van der Waals surface area contributed by atoms with E-state index >= 15 is 0 Å². The fourth-order valence-electron chi connectivity index (χ4n) is 1.21. The second-order valence-electron chi connectivity index (χ2n) is 2.94. The minimum Gasteiger partial charge on any atom is -0.457 e. The summed E-state index contributed by atoms with van der Waals surface area (Å²) in [4.78, 5) is 21.9. The first-order valence-electron chi connectivity index (χ1n) is 4.35. The zero-order valence-corrected chi connectivity index (χ0v) is 11.0. The zero-order chi connectivity index (χ0) is 11.3. The number of alkyl halides is 2. The Bertz CT molecular complexity index is 251. The van der Waals surface area contributed by atoms with Gasteiger partial charge in [0.1, 0.15) is 22.9 Å². The van der Waals surface area contributed by atoms with Crippen LogP contribution in [0.4, 0.5) is 0 Å². The Morgan fingerprint density at radius 1 is 1.07 bits per heavy atom. The molecule has 1 rings (SSSR count). The van der Waals surface area contributed by atoms with Gasteiger partial charge in [0.15, 0.2) is 0 Å². The molecule has 6 heteroatoms. The molecule has 0 radical (unpaired) electrons. The van der Waals surface area contributed by atoms with Gasteiger partial charge in [-0.1, -0.05) is 31.9 Å². The number of rotatable bonds is 4. The van der Waals surface area contributed by atoms with E-state index in [4.69, 9.17) is 9.47 Å². The van der Waals surface area contributed by atoms with Crippen LogP contribution in [0.2, 0.25) is 0 Å². The third kappa shape index (κ3) is 4.34. The summed E-state index contributed by atoms with van der Waals surface area (Å²) in [7, 11) is 0. The molecule has 0 amide bonds. The van der Waals surface area contributed by atoms with Gasteiger partial charge >= 0.3 is 11.9 Å². The molecule has 0 unspecified atom stereocenters. The molecule has 84 valence electrons. The summed E-state index contributed by atoms with van der Waals surface area (Å²) >= 11 is 6.00. The van der Waals surface area contributed by atoms with Crippen molar-refractivity contribution >= 4 is 43.8 Å². The highest BCUT2D eigenvalue weighted by atomic mass is 79.9. The number of esters is 2. The molecule has 0 aromatic heterocycles. The highest BCUT2D eigenvalue weighted by Crippen LogP contribution is 2.18. The molecule has 0 aromatic carbocycles. The van der Waals surface area contributed by atoms with Gasteiger partial charge in [-0.2, -0.15) is 0 Å². The van der Waals surface area contributed by atoms with E-state index in [1.165, 1.54) is 0 Å². The lowest BCUT2D eigenvalue weighted by Gasteiger charge is -2.12. The van der Waals surface area contributed by atoms with Crippen LogP contribution in [0, 0.1) is 0 Å². The van der Waals surface area contributed by atoms with Crippen LogP contribution in [0.5, 0.6) is 0 Å². The van der Waals surface area contributed by atoms with Crippen LogP contribution < -0.4 is 0 Å². The second kappa shape index (κ2) is 6.27. The number of ether oxygens (including phenoxy) is 2. The normalized spacial score (nSPS) is 23.9. The summed E-state index contributed by atoms with van der Waals surface area (Å²) in [6.07, 6.45) is 3.38. The first-order chi connectivity index (χ1) is 7.15. The molecule has 0 saturated heterocycles. The monoisotopic (exact) mass is 340 g/mol. The molecule has 0 heterocycles. The quantitative estimate of drug-likeness (QED) is 0.442. The van der Waals surface area contributed by atoms with E-state index in [-0.39, 0.29) is 34.8 Å². The van der Waals surface area contributed by atoms with Gasteiger partial charge in [0.25, 0.3) is 0 Å². The minimum absolute atomic E-state index is 0.170. The molecular weight excluding hydrogens is 332 g/mol. The van der Waals surface area contributed by atoms with E-state index in [0.29, 0.717) is 6.42 Å². The summed E-state index contributed by atoms with van der Waals surface area (Å²) in [5.74, 6) is -0.644. The first-order valence-corrected chi connectivity index (χ1v) is 6.59. The van der Waals surface area contributed by atoms with Gasteiger partial charge in [-0.25, -0.2) is 0 Å². The predicted molar refractivity (Wildman–Crippen MR) is 61.1 cm³/mol. The maximum Gasteiger partial charge on any atom is 0.317 e. The van der Waals surface area contributed by atoms with Crippen molar-refractivity contribution in [1.29, 1.82) is 0 Å². The van der Waals surface area contributed by atoms with E-state index in [2.05, 4.69) is 31.9 Å². The standard InChI is InChI=1S/C9H10Br2O4/c10-4-8(12)14-6-1-2-7(3-6)15-9(13)5-11/h1-2,6-7H,3-5H2/t6-,7+. The Morgan fingerprint density at radius 3 is 1.80 bits per heavy atom. The van der Waals surface area contributed by atoms with Crippen molar-refractivity contribution in [2.75, 3.05) is 10.7 Å². The number of hydrogen-bond acceptors (Lipinski definition) is 4. The molecule has 0 spiro atoms. The number of halogens is 2. The number of carbonyl (C=O) groups excluding carboxylic acids is 2. The molecular formula is C9H10Br2O4. The van der Waals surface area contributed by atoms with Gasteiger partial charge in [-0.05, 0) is 12.2 Å². The van der Waals surface area contributed by atoms with Gasteiger partial charge in [0, 0.05) is 6.42 Å². The smallest absolute Gasteiger partial charge is 0.317 e. The molecule has 1 aliphatic carbocycles. The molecule has 1 aliphatic rings. The van der Waals surface area contributed by atoms with Crippen molar-refractivity contribution < 1.29 is 19.1 Å². The van der Waals surface area contributed by atoms with Crippen LogP contribution in [0.3, 0.4) is 0 Å². The Kier molecular flexibility index (Phi) is 5.31. The zero-order valence-electron chi connectivity index (χ0n) is 7.82. The van der Waals surface area contributed by atoms with Crippen molar-refractivity contribution in [3.8, 4) is 0 Å². The summed E-state index contributed by atoms with van der Waals surface area (Å²) in [5, 5.41) is 0.340. The highest BCUT2D eigenvalue weighted by molar-refractivity contribution is 9.09. The Balaban J connectivity index is 2.31. The minimum atomic E-state index is -0.322. The van der Waals surface area contributed by atoms with Crippen molar-refractivity contribution in [1.82, 2.24) is 0 Å². The third-order valence-corrected chi connectivity index (χ3v) is 2.70. The Morgan fingerprint density at radius 2 is 1.47 bits per heavy atom. The van der Waals surface area contributed by atoms with Crippen molar-refractivity contribution in [3.63, 3.8) is 0 Å². The number of hydrogen-bond donors (Lipinski definition) is 0. The Labute approximate surface area is 104 Å². The molecule has 0 aliphatic heterocycles. The molecule has 0 bridgehead atoms. The summed E-state index contributed by atoms with van der Waals surface area (Å²) in [6, 6.07) is 0. The summed E-state index contributed by atoms with van der Waals surface area (Å²) in [5.41, 5.74) is 0. The van der Waals surface area contributed by atoms with Crippen molar-refractivity contribution in [2.24, 2.45) is 0 Å². The van der Waals surface area contributed by atoms with Gasteiger partial charge in [-0.15, -0.1) is 0 Å². The van der Waals surface area contributed by atoms with Crippen LogP contribution in [0.1, 0.15) is 6.42 Å². The van der Waals surface area contributed by atoms with Crippen LogP contribution >= 0.6 is 31.9 Å². The van der Waals surface area contributed by atoms with Gasteiger partial charge in [0.2, 0.25) is 0 Å². The van der Waals surface area contributed by atoms with Crippen molar-refractivity contribution in [3.05, 3.63) is 12.2 Å². The topological polar surface area (TPSA) is 52.6 Å². The fraction of sp³-hybridized carbons (Fsp3) is 0.556. The van der Waals surface area contributed by atoms with Crippen LogP contribution in [-0.2, 0) is 19.1 Å². The van der Waals surface area contributed by atoms with Crippen LogP contribution in [0.25, 0.3) is 0 Å². The van der Waals surface area contributed by atoms with Crippen LogP contribution in [0.15, 0.2) is 12.2 Å². The summed E-state index contributed by atoms with van der Waals surface area (Å²) in [6.45, 7) is 0. The Hall–Kier alpha value is -0.360. The van der Waals surface area contributed by atoms with E-state index in [9.17, 15) is 9.59 Å². The van der Waals surface area contributed by atoms with E-state index in [1.54, 1.807) is 12.2 Å². The lowest BCUT2D eigenvalue weighted by molar-refractivity contribution is -0.146. The first kappa shape index (κ1) is 12.7. The fourth-order valence-corrected chi connectivity index (χ4v) is 1.47. The third-order valence-electron chi connectivity index (χ3n) is 1.79. The average molecular weight is 342 g/mol. The SMILES string of the molecule is O=C(CBr)O[C@@H]1C=C[C@H](OC(=O)CBr)C1. The molecule has 0 fully saturated rings. The molecule has 2 atom stereocenters. The van der Waals surface area contributed by atoms with E-state index in [1.807, 2.05) is 0 Å². The van der Waals surface area contributed by atoms with Crippen LogP contribution in [-0.4, -0.2) is 34.8 Å². The second-order valence-corrected chi connectivity index (χ2v) is 4.07. The van der Waals surface area contributed by atoms with E-state index < -0.39 is 0 Å². The van der Waals surface area contributed by atoms with Crippen molar-refractivity contribution in [2.45, 2.75) is 18.6 Å². The predicted octanol–water partition coefficient (Wildman–Crippen LogP) is 1.56. The maximum absolute atomic E-state index is 10.9. The summed E-state index contributed by atoms with van der Waals surface area (Å²) < 4.78 is 10.1. The van der Waals surface area contributed by atoms with Gasteiger partial charge < -0.3 is 9.47 Å². The molecule has 4 nitrogen and oxygen atoms in total. The molecule has 0 aromatic rings. The highest BCUT2D eigenvalue weighted by Gasteiger charge is 2.24. The molecule has 15 heavy (non-hydrogen) atoms. The lowest BCUT2D eigenvalue weighted by Crippen LogP contribution is -2.20. The van der Waals surface area contributed by atoms with Gasteiger partial charge in [-0.3, -0.25) is 9.59 Å². The average Bonchev–Trinajstić information content (AvgIpc) is 2.65. The molecule has 0 saturated carbocycles. The largest absolute Gasteiger partial charge is 0.457 e. The van der Waals surface area contributed by atoms with E-state index in [0.717, 1.165) is 0 Å². The maximum atomic E-state index is 10.9. The molecule has 0 N–H and O–H groups in total.